The Labute approximate surface area is 85.8 Å². The summed E-state index contributed by atoms with van der Waals surface area (Å²) in [7, 11) is 0. The molecule has 0 fully saturated rings. The van der Waals surface area contributed by atoms with E-state index in [-0.39, 0.29) is 17.5 Å². The van der Waals surface area contributed by atoms with Gasteiger partial charge in [0.25, 0.3) is 0 Å². The maximum atomic E-state index is 9.35. The van der Waals surface area contributed by atoms with E-state index in [1.165, 1.54) is 6.07 Å². The Morgan fingerprint density at radius 3 is 2.77 bits per heavy atom. The van der Waals surface area contributed by atoms with E-state index in [9.17, 15) is 5.11 Å². The van der Waals surface area contributed by atoms with Crippen LogP contribution in [0.2, 0.25) is 5.02 Å². The van der Waals surface area contributed by atoms with E-state index >= 15 is 0 Å². The zero-order chi connectivity index (χ0) is 9.84. The number of aromatic hydroxyl groups is 1. The Hall–Kier alpha value is -0.930. The number of phenolic OH excluding ortho intramolecular Hbond substituents is 1. The smallest absolute Gasteiger partial charge is 0.142 e. The van der Waals surface area contributed by atoms with Crippen molar-refractivity contribution in [2.45, 2.75) is 0 Å². The van der Waals surface area contributed by atoms with Crippen LogP contribution in [0.3, 0.4) is 0 Å². The second-order valence-corrected chi connectivity index (χ2v) is 3.07. The van der Waals surface area contributed by atoms with Crippen LogP contribution in [0.25, 0.3) is 0 Å². The molecule has 0 aliphatic heterocycles. The topological polar surface area (TPSA) is 58.6 Å². The van der Waals surface area contributed by atoms with Gasteiger partial charge in [-0.15, -0.1) is 11.6 Å². The first kappa shape index (κ1) is 10.2. The highest BCUT2D eigenvalue weighted by molar-refractivity contribution is 6.31. The van der Waals surface area contributed by atoms with Crippen LogP contribution in [0.15, 0.2) is 23.2 Å². The summed E-state index contributed by atoms with van der Waals surface area (Å²) in [6.07, 6.45) is 0. The van der Waals surface area contributed by atoms with Gasteiger partial charge in [-0.2, -0.15) is 0 Å². The molecule has 3 N–H and O–H groups in total. The zero-order valence-corrected chi connectivity index (χ0v) is 8.18. The summed E-state index contributed by atoms with van der Waals surface area (Å²) in [5.74, 6) is 0.363. The third kappa shape index (κ3) is 2.79. The zero-order valence-electron chi connectivity index (χ0n) is 6.67. The average Bonchev–Trinajstić information content (AvgIpc) is 2.09. The minimum absolute atomic E-state index is 0.0134. The van der Waals surface area contributed by atoms with Crippen molar-refractivity contribution in [2.75, 3.05) is 5.88 Å². The minimum atomic E-state index is -0.0134. The van der Waals surface area contributed by atoms with Gasteiger partial charge in [0.2, 0.25) is 0 Å². The van der Waals surface area contributed by atoms with Crippen LogP contribution in [0.1, 0.15) is 0 Å². The number of nitrogens with two attached hydrogens (primary N) is 1. The van der Waals surface area contributed by atoms with Gasteiger partial charge in [0.1, 0.15) is 17.3 Å². The highest BCUT2D eigenvalue weighted by Gasteiger charge is 2.00. The van der Waals surface area contributed by atoms with Crippen molar-refractivity contribution in [1.82, 2.24) is 0 Å². The van der Waals surface area contributed by atoms with Crippen LogP contribution >= 0.6 is 23.2 Å². The molecule has 0 amide bonds. The highest BCUT2D eigenvalue weighted by Crippen LogP contribution is 2.28. The van der Waals surface area contributed by atoms with Crippen molar-refractivity contribution < 1.29 is 5.11 Å². The number of halogens is 2. The van der Waals surface area contributed by atoms with Gasteiger partial charge in [0.05, 0.1) is 5.88 Å². The fourth-order valence-corrected chi connectivity index (χ4v) is 1.00. The number of aliphatic imine (C=N–C) groups is 1. The summed E-state index contributed by atoms with van der Waals surface area (Å²) in [4.78, 5) is 3.87. The number of phenols is 1. The van der Waals surface area contributed by atoms with Crippen LogP contribution in [-0.2, 0) is 0 Å². The standard InChI is InChI=1S/C8H8Cl2N2O/c9-4-8(11)12-6-2-1-5(10)3-7(6)13/h1-3,13H,4H2,(H2,11,12). The molecule has 3 nitrogen and oxygen atoms in total. The van der Waals surface area contributed by atoms with Crippen molar-refractivity contribution >= 4 is 34.7 Å². The monoisotopic (exact) mass is 218 g/mol. The molecule has 0 heterocycles. The Morgan fingerprint density at radius 1 is 1.54 bits per heavy atom. The Morgan fingerprint density at radius 2 is 2.23 bits per heavy atom. The largest absolute Gasteiger partial charge is 0.506 e. The summed E-state index contributed by atoms with van der Waals surface area (Å²) in [6.45, 7) is 0. The predicted octanol–water partition coefficient (Wildman–Crippen LogP) is 2.27. The normalized spacial score (nSPS) is 11.7. The summed E-state index contributed by atoms with van der Waals surface area (Å²) >= 11 is 11.0. The molecule has 0 radical (unpaired) electrons. The van der Waals surface area contributed by atoms with Crippen molar-refractivity contribution in [3.8, 4) is 5.75 Å². The lowest BCUT2D eigenvalue weighted by Crippen LogP contribution is -2.12. The number of hydrogen-bond donors (Lipinski definition) is 2. The molecule has 1 aromatic rings. The molecule has 0 aliphatic carbocycles. The van der Waals surface area contributed by atoms with E-state index in [0.717, 1.165) is 0 Å². The van der Waals surface area contributed by atoms with Crippen LogP contribution in [0, 0.1) is 0 Å². The first-order chi connectivity index (χ1) is 6.13. The molecule has 0 aromatic heterocycles. The molecule has 0 aliphatic rings. The second kappa shape index (κ2) is 4.35. The second-order valence-electron chi connectivity index (χ2n) is 2.37. The van der Waals surface area contributed by atoms with E-state index in [4.69, 9.17) is 28.9 Å². The maximum absolute atomic E-state index is 9.35. The fraction of sp³-hybridized carbons (Fsp3) is 0.125. The van der Waals surface area contributed by atoms with Crippen molar-refractivity contribution in [2.24, 2.45) is 10.7 Å². The van der Waals surface area contributed by atoms with Gasteiger partial charge in [-0.25, -0.2) is 4.99 Å². The van der Waals surface area contributed by atoms with Crippen molar-refractivity contribution in [3.63, 3.8) is 0 Å². The van der Waals surface area contributed by atoms with Crippen molar-refractivity contribution in [1.29, 1.82) is 0 Å². The lowest BCUT2D eigenvalue weighted by molar-refractivity contribution is 0.477. The number of benzene rings is 1. The summed E-state index contributed by atoms with van der Waals surface area (Å²) in [6, 6.07) is 4.57. The van der Waals surface area contributed by atoms with Gasteiger partial charge in [0.15, 0.2) is 0 Å². The molecule has 0 bridgehead atoms. The van der Waals surface area contributed by atoms with E-state index in [1.54, 1.807) is 12.1 Å². The third-order valence-electron chi connectivity index (χ3n) is 1.34. The number of nitrogens with zero attached hydrogens (tertiary/aromatic N) is 1. The van der Waals surface area contributed by atoms with E-state index in [0.29, 0.717) is 10.7 Å². The van der Waals surface area contributed by atoms with Crippen molar-refractivity contribution in [3.05, 3.63) is 23.2 Å². The molecule has 0 unspecified atom stereocenters. The molecule has 13 heavy (non-hydrogen) atoms. The van der Waals surface area contributed by atoms with E-state index in [1.807, 2.05) is 0 Å². The quantitative estimate of drug-likeness (QED) is 0.455. The lowest BCUT2D eigenvalue weighted by atomic mass is 10.3. The number of amidine groups is 1. The number of alkyl halides is 1. The van der Waals surface area contributed by atoms with E-state index in [2.05, 4.69) is 4.99 Å². The summed E-state index contributed by atoms with van der Waals surface area (Å²) in [5, 5.41) is 9.79. The molecule has 1 rings (SSSR count). The maximum Gasteiger partial charge on any atom is 0.142 e. The molecule has 0 saturated heterocycles. The minimum Gasteiger partial charge on any atom is -0.506 e. The molecule has 70 valence electrons. The van der Waals surface area contributed by atoms with Crippen LogP contribution in [-0.4, -0.2) is 16.8 Å². The predicted molar refractivity (Wildman–Crippen MR) is 55.1 cm³/mol. The third-order valence-corrected chi connectivity index (χ3v) is 1.85. The average molecular weight is 219 g/mol. The molecule has 0 saturated carbocycles. The van der Waals surface area contributed by atoms with Crippen LogP contribution in [0.4, 0.5) is 5.69 Å². The molecular weight excluding hydrogens is 211 g/mol. The van der Waals surface area contributed by atoms with Gasteiger partial charge >= 0.3 is 0 Å². The van der Waals surface area contributed by atoms with Gasteiger partial charge in [-0.3, -0.25) is 0 Å². The summed E-state index contributed by atoms with van der Waals surface area (Å²) in [5.41, 5.74) is 5.75. The Kier molecular flexibility index (Phi) is 3.39. The molecule has 0 spiro atoms. The van der Waals surface area contributed by atoms with Crippen LogP contribution < -0.4 is 5.73 Å². The molecule has 5 heteroatoms. The number of hydrogen-bond acceptors (Lipinski definition) is 2. The molecule has 0 atom stereocenters. The summed E-state index contributed by atoms with van der Waals surface area (Å²) < 4.78 is 0. The van der Waals surface area contributed by atoms with Gasteiger partial charge < -0.3 is 10.8 Å². The molecule has 1 aromatic carbocycles. The van der Waals surface area contributed by atoms with E-state index < -0.39 is 0 Å². The van der Waals surface area contributed by atoms with Gasteiger partial charge in [-0.05, 0) is 12.1 Å². The first-order valence-electron chi connectivity index (χ1n) is 3.51. The Balaban J connectivity index is 3.03. The van der Waals surface area contributed by atoms with Crippen LogP contribution in [0.5, 0.6) is 5.75 Å². The lowest BCUT2D eigenvalue weighted by Gasteiger charge is -2.00. The first-order valence-corrected chi connectivity index (χ1v) is 4.42. The van der Waals surface area contributed by atoms with Gasteiger partial charge in [-0.1, -0.05) is 11.6 Å². The SMILES string of the molecule is NC(CCl)=Nc1ccc(Cl)cc1O. The Bertz CT molecular complexity index is 339. The van der Waals surface area contributed by atoms with Gasteiger partial charge in [0, 0.05) is 11.1 Å². The molecular formula is C8H8Cl2N2O. The fourth-order valence-electron chi connectivity index (χ4n) is 0.776. The number of rotatable bonds is 2. The highest BCUT2D eigenvalue weighted by atomic mass is 35.5.